The minimum Gasteiger partial charge on any atom is -0.357 e. The summed E-state index contributed by atoms with van der Waals surface area (Å²) >= 11 is 0. The first kappa shape index (κ1) is 21.2. The lowest BCUT2D eigenvalue weighted by atomic mass is 10.2. The first-order chi connectivity index (χ1) is 10.2. The number of guanidine groups is 1. The van der Waals surface area contributed by atoms with Gasteiger partial charge in [-0.2, -0.15) is 0 Å². The average Bonchev–Trinajstić information content (AvgIpc) is 2.49. The lowest BCUT2D eigenvalue weighted by Gasteiger charge is -2.25. The molecule has 22 heavy (non-hydrogen) atoms. The first-order valence-electron chi connectivity index (χ1n) is 7.97. The van der Waals surface area contributed by atoms with Gasteiger partial charge in [-0.3, -0.25) is 4.90 Å². The molecular formula is C17H31IN4. The van der Waals surface area contributed by atoms with Crippen LogP contribution in [0.3, 0.4) is 0 Å². The third-order valence-corrected chi connectivity index (χ3v) is 3.43. The highest BCUT2D eigenvalue weighted by Crippen LogP contribution is 2.00. The fraction of sp³-hybridized carbons (Fsp3) is 0.588. The molecule has 0 saturated carbocycles. The maximum atomic E-state index is 4.63. The Balaban J connectivity index is 0.00000441. The molecule has 0 radical (unpaired) electrons. The molecule has 0 aliphatic heterocycles. The number of nitrogens with zero attached hydrogens (tertiary/aromatic N) is 2. The van der Waals surface area contributed by atoms with Crippen LogP contribution in [-0.2, 0) is 6.54 Å². The Kier molecular flexibility index (Phi) is 12.2. The zero-order valence-corrected chi connectivity index (χ0v) is 16.6. The van der Waals surface area contributed by atoms with Gasteiger partial charge in [0, 0.05) is 25.7 Å². The zero-order valence-electron chi connectivity index (χ0n) is 14.3. The first-order valence-corrected chi connectivity index (χ1v) is 7.97. The van der Waals surface area contributed by atoms with E-state index in [2.05, 4.69) is 60.4 Å². The van der Waals surface area contributed by atoms with E-state index in [-0.39, 0.29) is 24.0 Å². The number of hydrogen-bond donors (Lipinski definition) is 2. The third kappa shape index (κ3) is 8.58. The van der Waals surface area contributed by atoms with Crippen LogP contribution in [0.25, 0.3) is 0 Å². The van der Waals surface area contributed by atoms with Crippen molar-refractivity contribution >= 4 is 29.9 Å². The Hall–Kier alpha value is -0.820. The standard InChI is InChI=1S/C17H30N4.HI/c1-5-18-17(19-12-13-21(6-2)15(3)4)20-14-16-10-8-7-9-11-16;/h7-11,15H,5-6,12-14H2,1-4H3,(H2,18,19,20);1H. The topological polar surface area (TPSA) is 39.7 Å². The van der Waals surface area contributed by atoms with Crippen LogP contribution >= 0.6 is 24.0 Å². The van der Waals surface area contributed by atoms with Gasteiger partial charge in [-0.25, -0.2) is 4.99 Å². The second kappa shape index (κ2) is 12.7. The van der Waals surface area contributed by atoms with E-state index in [1.165, 1.54) is 5.56 Å². The maximum absolute atomic E-state index is 4.63. The lowest BCUT2D eigenvalue weighted by Crippen LogP contribution is -2.43. The van der Waals surface area contributed by atoms with Crippen LogP contribution in [0.4, 0.5) is 0 Å². The summed E-state index contributed by atoms with van der Waals surface area (Å²) in [5.74, 6) is 0.890. The van der Waals surface area contributed by atoms with Gasteiger partial charge in [0.25, 0.3) is 0 Å². The van der Waals surface area contributed by atoms with Gasteiger partial charge >= 0.3 is 0 Å². The molecule has 5 heteroatoms. The minimum absolute atomic E-state index is 0. The number of likely N-dealkylation sites (N-methyl/N-ethyl adjacent to an activating group) is 1. The Labute approximate surface area is 152 Å². The molecule has 1 aromatic carbocycles. The maximum Gasteiger partial charge on any atom is 0.191 e. The highest BCUT2D eigenvalue weighted by Gasteiger charge is 2.06. The largest absolute Gasteiger partial charge is 0.357 e. The van der Waals surface area contributed by atoms with Crippen molar-refractivity contribution < 1.29 is 0 Å². The molecule has 0 saturated heterocycles. The molecule has 1 aromatic rings. The highest BCUT2D eigenvalue weighted by molar-refractivity contribution is 14.0. The van der Waals surface area contributed by atoms with Gasteiger partial charge in [-0.05, 0) is 32.9 Å². The molecule has 0 heterocycles. The Bertz CT molecular complexity index is 406. The molecule has 0 spiro atoms. The van der Waals surface area contributed by atoms with Gasteiger partial charge < -0.3 is 10.6 Å². The van der Waals surface area contributed by atoms with Gasteiger partial charge in [0.05, 0.1) is 6.54 Å². The molecule has 0 atom stereocenters. The summed E-state index contributed by atoms with van der Waals surface area (Å²) in [5.41, 5.74) is 1.23. The Morgan fingerprint density at radius 3 is 2.36 bits per heavy atom. The lowest BCUT2D eigenvalue weighted by molar-refractivity contribution is 0.237. The molecule has 0 aliphatic rings. The van der Waals surface area contributed by atoms with Gasteiger partial charge in [0.2, 0.25) is 0 Å². The van der Waals surface area contributed by atoms with E-state index in [0.717, 1.165) is 32.1 Å². The third-order valence-electron chi connectivity index (χ3n) is 3.43. The Morgan fingerprint density at radius 1 is 1.14 bits per heavy atom. The van der Waals surface area contributed by atoms with E-state index < -0.39 is 0 Å². The summed E-state index contributed by atoms with van der Waals surface area (Å²) in [4.78, 5) is 7.07. The predicted molar refractivity (Wildman–Crippen MR) is 107 cm³/mol. The fourth-order valence-corrected chi connectivity index (χ4v) is 2.19. The van der Waals surface area contributed by atoms with E-state index in [0.29, 0.717) is 12.6 Å². The summed E-state index contributed by atoms with van der Waals surface area (Å²) in [5, 5.41) is 6.70. The van der Waals surface area contributed by atoms with Crippen LogP contribution in [0.5, 0.6) is 0 Å². The van der Waals surface area contributed by atoms with Crippen molar-refractivity contribution in [3.8, 4) is 0 Å². The number of hydrogen-bond acceptors (Lipinski definition) is 2. The molecule has 0 amide bonds. The Morgan fingerprint density at radius 2 is 1.82 bits per heavy atom. The molecule has 0 aliphatic carbocycles. The minimum atomic E-state index is 0. The smallest absolute Gasteiger partial charge is 0.191 e. The van der Waals surface area contributed by atoms with Crippen molar-refractivity contribution in [3.05, 3.63) is 35.9 Å². The normalized spacial score (nSPS) is 11.5. The molecule has 0 unspecified atom stereocenters. The number of rotatable bonds is 8. The molecule has 1 rings (SSSR count). The van der Waals surface area contributed by atoms with E-state index >= 15 is 0 Å². The van der Waals surface area contributed by atoms with Crippen LogP contribution in [0.15, 0.2) is 35.3 Å². The monoisotopic (exact) mass is 418 g/mol. The van der Waals surface area contributed by atoms with Crippen LogP contribution in [-0.4, -0.2) is 43.1 Å². The molecule has 126 valence electrons. The summed E-state index contributed by atoms with van der Waals surface area (Å²) < 4.78 is 0. The fourth-order valence-electron chi connectivity index (χ4n) is 2.19. The van der Waals surface area contributed by atoms with Crippen molar-refractivity contribution in [2.75, 3.05) is 26.2 Å². The van der Waals surface area contributed by atoms with E-state index in [4.69, 9.17) is 0 Å². The van der Waals surface area contributed by atoms with Crippen molar-refractivity contribution in [1.82, 2.24) is 15.5 Å². The van der Waals surface area contributed by atoms with Crippen LogP contribution < -0.4 is 10.6 Å². The molecule has 2 N–H and O–H groups in total. The predicted octanol–water partition coefficient (Wildman–Crippen LogP) is 3.09. The van der Waals surface area contributed by atoms with Crippen LogP contribution in [0.2, 0.25) is 0 Å². The highest BCUT2D eigenvalue weighted by atomic mass is 127. The number of halogens is 1. The second-order valence-corrected chi connectivity index (χ2v) is 5.33. The van der Waals surface area contributed by atoms with Gasteiger partial charge in [-0.1, -0.05) is 37.3 Å². The number of nitrogens with one attached hydrogen (secondary N) is 2. The van der Waals surface area contributed by atoms with E-state index in [1.54, 1.807) is 0 Å². The summed E-state index contributed by atoms with van der Waals surface area (Å²) in [6.07, 6.45) is 0. The van der Waals surface area contributed by atoms with Crippen molar-refractivity contribution in [3.63, 3.8) is 0 Å². The van der Waals surface area contributed by atoms with Gasteiger partial charge in [0.1, 0.15) is 0 Å². The quantitative estimate of drug-likeness (QED) is 0.387. The van der Waals surface area contributed by atoms with Crippen LogP contribution in [0, 0.1) is 0 Å². The van der Waals surface area contributed by atoms with E-state index in [9.17, 15) is 0 Å². The van der Waals surface area contributed by atoms with Gasteiger partial charge in [0.15, 0.2) is 5.96 Å². The second-order valence-electron chi connectivity index (χ2n) is 5.33. The SMILES string of the molecule is CCNC(=NCc1ccccc1)NCCN(CC)C(C)C.I. The number of aliphatic imine (C=N–C) groups is 1. The summed E-state index contributed by atoms with van der Waals surface area (Å²) in [7, 11) is 0. The summed E-state index contributed by atoms with van der Waals surface area (Å²) in [6.45, 7) is 13.4. The average molecular weight is 418 g/mol. The van der Waals surface area contributed by atoms with Crippen molar-refractivity contribution in [2.45, 2.75) is 40.3 Å². The molecule has 4 nitrogen and oxygen atoms in total. The van der Waals surface area contributed by atoms with Crippen molar-refractivity contribution in [2.24, 2.45) is 4.99 Å². The number of benzene rings is 1. The molecular weight excluding hydrogens is 387 g/mol. The van der Waals surface area contributed by atoms with Crippen molar-refractivity contribution in [1.29, 1.82) is 0 Å². The van der Waals surface area contributed by atoms with Crippen LogP contribution in [0.1, 0.15) is 33.3 Å². The molecule has 0 bridgehead atoms. The molecule has 0 fully saturated rings. The zero-order chi connectivity index (χ0) is 15.5. The van der Waals surface area contributed by atoms with E-state index in [1.807, 2.05) is 18.2 Å². The summed E-state index contributed by atoms with van der Waals surface area (Å²) in [6, 6.07) is 10.9. The molecule has 0 aromatic heterocycles. The van der Waals surface area contributed by atoms with Gasteiger partial charge in [-0.15, -0.1) is 24.0 Å².